The highest BCUT2D eigenvalue weighted by Gasteiger charge is 2.42. The van der Waals surface area contributed by atoms with Gasteiger partial charge in [-0.1, -0.05) is 18.2 Å². The van der Waals surface area contributed by atoms with E-state index in [-0.39, 0.29) is 17.6 Å². The van der Waals surface area contributed by atoms with Crippen molar-refractivity contribution in [3.05, 3.63) is 101 Å². The van der Waals surface area contributed by atoms with Crippen molar-refractivity contribution in [2.24, 2.45) is 5.92 Å². The van der Waals surface area contributed by atoms with E-state index in [4.69, 9.17) is 19.2 Å². The fraction of sp³-hybridized carbons (Fsp3) is 0.385. The molecular formula is C39H42F2N6O5. The van der Waals surface area contributed by atoms with Gasteiger partial charge in [0.05, 0.1) is 38.9 Å². The standard InChI is InChI=1S/C39H42F2N6O5/c1-50-32-20-26(21-33(51-2)36(32)52-3)38(49)46-19-13-39(24-46,27-8-9-28(40)29(41)22-27)12-18-45-16-10-25(11-17-45)35(48)37-44-30-6-4-5-7-31(30)47(37)23-34-42-14-15-43-34/h4-9,14-15,20-22,25H,10-13,16-19,23-24H2,1-3H3,(H,42,43). The van der Waals surface area contributed by atoms with Gasteiger partial charge >= 0.3 is 0 Å². The number of halogens is 2. The highest BCUT2D eigenvalue weighted by molar-refractivity contribution is 5.98. The van der Waals surface area contributed by atoms with E-state index in [1.54, 1.807) is 35.5 Å². The summed E-state index contributed by atoms with van der Waals surface area (Å²) in [6, 6.07) is 15.0. The number of fused-ring (bicyclic) bond motifs is 1. The number of ketones is 1. The van der Waals surface area contributed by atoms with Crippen LogP contribution in [-0.2, 0) is 12.0 Å². The van der Waals surface area contributed by atoms with Crippen molar-refractivity contribution in [2.75, 3.05) is 54.1 Å². The summed E-state index contributed by atoms with van der Waals surface area (Å²) >= 11 is 0. The maximum Gasteiger partial charge on any atom is 0.254 e. The zero-order valence-corrected chi connectivity index (χ0v) is 29.5. The number of carbonyl (C=O) groups excluding carboxylic acids is 2. The Morgan fingerprint density at radius 2 is 1.69 bits per heavy atom. The lowest BCUT2D eigenvalue weighted by Gasteiger charge is -2.36. The SMILES string of the molecule is COc1cc(C(=O)N2CCC(CCN3CCC(C(=O)c4nc5ccccc5n4Cc4ncc[nH]4)CC3)(c3ccc(F)c(F)c3)C2)cc(OC)c1OC. The number of H-pyrrole nitrogens is 1. The molecule has 4 heterocycles. The van der Waals surface area contributed by atoms with E-state index < -0.39 is 17.0 Å². The van der Waals surface area contributed by atoms with Gasteiger partial charge in [-0.15, -0.1) is 0 Å². The van der Waals surface area contributed by atoms with E-state index in [1.807, 2.05) is 28.8 Å². The average molecular weight is 713 g/mol. The first-order valence-electron chi connectivity index (χ1n) is 17.5. The molecule has 0 spiro atoms. The molecule has 0 radical (unpaired) electrons. The van der Waals surface area contributed by atoms with E-state index in [9.17, 15) is 18.4 Å². The highest BCUT2D eigenvalue weighted by Crippen LogP contribution is 2.42. The predicted molar refractivity (Wildman–Crippen MR) is 190 cm³/mol. The Hall–Kier alpha value is -5.30. The van der Waals surface area contributed by atoms with Crippen LogP contribution in [-0.4, -0.2) is 95.1 Å². The third-order valence-electron chi connectivity index (χ3n) is 10.7. The van der Waals surface area contributed by atoms with E-state index in [0.29, 0.717) is 99.2 Å². The van der Waals surface area contributed by atoms with Crippen LogP contribution in [0.1, 0.15) is 58.0 Å². The quantitative estimate of drug-likeness (QED) is 0.160. The number of aromatic amines is 1. The molecule has 5 aromatic rings. The van der Waals surface area contributed by atoms with Gasteiger partial charge in [-0.3, -0.25) is 9.59 Å². The topological polar surface area (TPSA) is 115 Å². The number of hydrogen-bond acceptors (Lipinski definition) is 8. The molecule has 2 fully saturated rings. The molecule has 1 atom stereocenters. The largest absolute Gasteiger partial charge is 0.493 e. The fourth-order valence-corrected chi connectivity index (χ4v) is 7.77. The van der Waals surface area contributed by atoms with Crippen LogP contribution in [0.3, 0.4) is 0 Å². The van der Waals surface area contributed by atoms with Crippen LogP contribution in [0.15, 0.2) is 67.0 Å². The van der Waals surface area contributed by atoms with Crippen molar-refractivity contribution < 1.29 is 32.6 Å². The summed E-state index contributed by atoms with van der Waals surface area (Å²) in [4.78, 5) is 44.2. The number of nitrogens with one attached hydrogen (secondary N) is 1. The van der Waals surface area contributed by atoms with Gasteiger partial charge in [0.1, 0.15) is 5.82 Å². The van der Waals surface area contributed by atoms with Crippen LogP contribution in [0.5, 0.6) is 17.2 Å². The normalized spacial score (nSPS) is 18.2. The number of piperidine rings is 1. The second-order valence-corrected chi connectivity index (χ2v) is 13.6. The Morgan fingerprint density at radius 3 is 2.37 bits per heavy atom. The number of ether oxygens (including phenoxy) is 3. The maximum absolute atomic E-state index is 14.7. The monoisotopic (exact) mass is 712 g/mol. The first-order valence-corrected chi connectivity index (χ1v) is 17.5. The fourth-order valence-electron chi connectivity index (χ4n) is 7.77. The molecule has 11 nitrogen and oxygen atoms in total. The molecule has 1 amide bonds. The number of aromatic nitrogens is 4. The molecule has 0 aliphatic carbocycles. The van der Waals surface area contributed by atoms with Crippen LogP contribution in [0, 0.1) is 17.6 Å². The minimum absolute atomic E-state index is 0.0254. The summed E-state index contributed by atoms with van der Waals surface area (Å²) < 4.78 is 47.1. The van der Waals surface area contributed by atoms with Gasteiger partial charge in [0.2, 0.25) is 11.5 Å². The van der Waals surface area contributed by atoms with Gasteiger partial charge in [-0.2, -0.15) is 0 Å². The minimum atomic E-state index is -0.913. The second-order valence-electron chi connectivity index (χ2n) is 13.6. The molecule has 13 heteroatoms. The number of likely N-dealkylation sites (tertiary alicyclic amines) is 2. The molecule has 3 aromatic carbocycles. The summed E-state index contributed by atoms with van der Waals surface area (Å²) in [5.41, 5.74) is 2.09. The number of benzene rings is 3. The Bertz CT molecular complexity index is 2050. The van der Waals surface area contributed by atoms with Crippen LogP contribution in [0.2, 0.25) is 0 Å². The van der Waals surface area contributed by atoms with E-state index in [2.05, 4.69) is 14.9 Å². The van der Waals surface area contributed by atoms with Gasteiger partial charge in [0.15, 0.2) is 29.0 Å². The average Bonchev–Trinajstić information content (AvgIpc) is 3.94. The van der Waals surface area contributed by atoms with Crippen LogP contribution < -0.4 is 14.2 Å². The van der Waals surface area contributed by atoms with Crippen molar-refractivity contribution >= 4 is 22.7 Å². The van der Waals surface area contributed by atoms with Crippen LogP contribution in [0.4, 0.5) is 8.78 Å². The third-order valence-corrected chi connectivity index (χ3v) is 10.7. The molecule has 2 aliphatic heterocycles. The van der Waals surface area contributed by atoms with Crippen LogP contribution >= 0.6 is 0 Å². The van der Waals surface area contributed by atoms with Crippen molar-refractivity contribution in [1.29, 1.82) is 0 Å². The Balaban J connectivity index is 1.06. The van der Waals surface area contributed by atoms with Gasteiger partial charge in [0, 0.05) is 42.4 Å². The van der Waals surface area contributed by atoms with E-state index >= 15 is 0 Å². The van der Waals surface area contributed by atoms with Crippen LogP contribution in [0.25, 0.3) is 11.0 Å². The Morgan fingerprint density at radius 1 is 0.942 bits per heavy atom. The van der Waals surface area contributed by atoms with Crippen molar-refractivity contribution in [3.63, 3.8) is 0 Å². The zero-order chi connectivity index (χ0) is 36.4. The predicted octanol–water partition coefficient (Wildman–Crippen LogP) is 5.88. The lowest BCUT2D eigenvalue weighted by Crippen LogP contribution is -2.41. The van der Waals surface area contributed by atoms with Crippen molar-refractivity contribution in [3.8, 4) is 17.2 Å². The lowest BCUT2D eigenvalue weighted by molar-refractivity contribution is 0.0777. The second kappa shape index (κ2) is 14.7. The van der Waals surface area contributed by atoms with Gasteiger partial charge in [-0.25, -0.2) is 18.7 Å². The summed E-state index contributed by atoms with van der Waals surface area (Å²) in [6.45, 7) is 3.26. The number of rotatable bonds is 12. The molecule has 7 rings (SSSR count). The highest BCUT2D eigenvalue weighted by atomic mass is 19.2. The summed E-state index contributed by atoms with van der Waals surface area (Å²) in [6.07, 6.45) is 6.00. The summed E-state index contributed by atoms with van der Waals surface area (Å²) in [5.74, 6) is 0.113. The maximum atomic E-state index is 14.7. The van der Waals surface area contributed by atoms with E-state index in [0.717, 1.165) is 22.9 Å². The Kier molecular flexibility index (Phi) is 9.96. The summed E-state index contributed by atoms with van der Waals surface area (Å²) in [5, 5.41) is 0. The number of nitrogens with zero attached hydrogens (tertiary/aromatic N) is 5. The third kappa shape index (κ3) is 6.72. The van der Waals surface area contributed by atoms with Crippen molar-refractivity contribution in [1.82, 2.24) is 29.3 Å². The molecule has 2 saturated heterocycles. The zero-order valence-electron chi connectivity index (χ0n) is 29.5. The first-order chi connectivity index (χ1) is 25.2. The number of para-hydroxylation sites is 2. The first kappa shape index (κ1) is 35.1. The molecule has 2 aliphatic rings. The molecule has 272 valence electrons. The number of imidazole rings is 2. The van der Waals surface area contributed by atoms with Gasteiger partial charge < -0.3 is 33.6 Å². The molecule has 52 heavy (non-hydrogen) atoms. The molecule has 1 N–H and O–H groups in total. The molecule has 2 aromatic heterocycles. The molecule has 0 bridgehead atoms. The molecular weight excluding hydrogens is 670 g/mol. The summed E-state index contributed by atoms with van der Waals surface area (Å²) in [7, 11) is 4.49. The lowest BCUT2D eigenvalue weighted by atomic mass is 9.76. The molecule has 1 unspecified atom stereocenters. The Labute approximate surface area is 300 Å². The van der Waals surface area contributed by atoms with Crippen molar-refractivity contribution in [2.45, 2.75) is 37.6 Å². The van der Waals surface area contributed by atoms with Gasteiger partial charge in [0.25, 0.3) is 5.91 Å². The number of Topliss-reactive ketones (excluding diaryl/α,β-unsaturated/α-hetero) is 1. The number of hydrogen-bond donors (Lipinski definition) is 1. The molecule has 0 saturated carbocycles. The number of methoxy groups -OCH3 is 3. The van der Waals surface area contributed by atoms with Gasteiger partial charge in [-0.05, 0) is 87.3 Å². The van der Waals surface area contributed by atoms with E-state index in [1.165, 1.54) is 27.4 Å². The smallest absolute Gasteiger partial charge is 0.254 e. The number of carbonyl (C=O) groups is 2. The minimum Gasteiger partial charge on any atom is -0.493 e. The number of amides is 1.